The molecular formula is C15H22BrNO3. The first kappa shape index (κ1) is 15.6. The predicted molar refractivity (Wildman–Crippen MR) is 82.3 cm³/mol. The first-order valence-electron chi connectivity index (χ1n) is 6.97. The number of hydrogen-bond acceptors (Lipinski definition) is 4. The molecule has 20 heavy (non-hydrogen) atoms. The number of halogens is 1. The smallest absolute Gasteiger partial charge is 0.174 e. The van der Waals surface area contributed by atoms with Crippen molar-refractivity contribution in [1.29, 1.82) is 0 Å². The van der Waals surface area contributed by atoms with E-state index < -0.39 is 0 Å². The van der Waals surface area contributed by atoms with Crippen molar-refractivity contribution in [3.63, 3.8) is 0 Å². The van der Waals surface area contributed by atoms with E-state index in [1.165, 1.54) is 6.42 Å². The molecule has 0 aromatic heterocycles. The monoisotopic (exact) mass is 343 g/mol. The Bertz CT molecular complexity index is 453. The fourth-order valence-electron chi connectivity index (χ4n) is 2.67. The molecule has 2 unspecified atom stereocenters. The first-order valence-corrected chi connectivity index (χ1v) is 7.77. The van der Waals surface area contributed by atoms with Gasteiger partial charge in [-0.3, -0.25) is 0 Å². The van der Waals surface area contributed by atoms with E-state index in [4.69, 9.17) is 9.47 Å². The molecule has 2 atom stereocenters. The van der Waals surface area contributed by atoms with E-state index in [2.05, 4.69) is 21.2 Å². The van der Waals surface area contributed by atoms with E-state index in [0.717, 1.165) is 29.3 Å². The van der Waals surface area contributed by atoms with Crippen molar-refractivity contribution >= 4 is 15.9 Å². The van der Waals surface area contributed by atoms with Crippen LogP contribution in [0.5, 0.6) is 11.5 Å². The van der Waals surface area contributed by atoms with Gasteiger partial charge in [-0.05, 0) is 46.5 Å². The molecule has 1 aromatic rings. The topological polar surface area (TPSA) is 50.7 Å². The number of hydrogen-bond donors (Lipinski definition) is 2. The molecule has 0 aliphatic heterocycles. The van der Waals surface area contributed by atoms with Gasteiger partial charge in [0.05, 0.1) is 24.8 Å². The second kappa shape index (κ2) is 7.29. The number of methoxy groups -OCH3 is 2. The van der Waals surface area contributed by atoms with Crippen molar-refractivity contribution in [3.8, 4) is 11.5 Å². The van der Waals surface area contributed by atoms with Crippen LogP contribution < -0.4 is 14.8 Å². The lowest BCUT2D eigenvalue weighted by Gasteiger charge is -2.28. The van der Waals surface area contributed by atoms with Crippen molar-refractivity contribution in [2.45, 2.75) is 44.4 Å². The maximum absolute atomic E-state index is 9.97. The van der Waals surface area contributed by atoms with Crippen LogP contribution in [0.25, 0.3) is 0 Å². The molecular weight excluding hydrogens is 322 g/mol. The highest BCUT2D eigenvalue weighted by atomic mass is 79.9. The fourth-order valence-corrected chi connectivity index (χ4v) is 3.32. The van der Waals surface area contributed by atoms with E-state index in [1.54, 1.807) is 14.2 Å². The molecule has 0 radical (unpaired) electrons. The molecule has 2 rings (SSSR count). The summed E-state index contributed by atoms with van der Waals surface area (Å²) in [6.45, 7) is 0.709. The van der Waals surface area contributed by atoms with Gasteiger partial charge in [-0.1, -0.05) is 12.8 Å². The van der Waals surface area contributed by atoms with Gasteiger partial charge >= 0.3 is 0 Å². The molecule has 4 nitrogen and oxygen atoms in total. The second-order valence-electron chi connectivity index (χ2n) is 5.15. The van der Waals surface area contributed by atoms with E-state index >= 15 is 0 Å². The summed E-state index contributed by atoms with van der Waals surface area (Å²) < 4.78 is 11.5. The van der Waals surface area contributed by atoms with Gasteiger partial charge in [0, 0.05) is 12.6 Å². The summed E-state index contributed by atoms with van der Waals surface area (Å²) >= 11 is 3.49. The van der Waals surface area contributed by atoms with Crippen LogP contribution in [0.1, 0.15) is 31.2 Å². The molecule has 112 valence electrons. The van der Waals surface area contributed by atoms with Crippen LogP contribution in [0, 0.1) is 0 Å². The summed E-state index contributed by atoms with van der Waals surface area (Å²) in [6, 6.07) is 4.17. The molecule has 0 bridgehead atoms. The minimum absolute atomic E-state index is 0.190. The van der Waals surface area contributed by atoms with Gasteiger partial charge in [0.25, 0.3) is 0 Å². The lowest BCUT2D eigenvalue weighted by molar-refractivity contribution is 0.0902. The molecule has 0 amide bonds. The molecule has 1 fully saturated rings. The van der Waals surface area contributed by atoms with Crippen LogP contribution in [0.3, 0.4) is 0 Å². The zero-order chi connectivity index (χ0) is 14.5. The third kappa shape index (κ3) is 3.65. The van der Waals surface area contributed by atoms with Gasteiger partial charge < -0.3 is 19.9 Å². The van der Waals surface area contributed by atoms with Crippen molar-refractivity contribution < 1.29 is 14.6 Å². The normalized spacial score (nSPS) is 22.6. The van der Waals surface area contributed by atoms with E-state index in [0.29, 0.717) is 18.0 Å². The minimum atomic E-state index is -0.229. The van der Waals surface area contributed by atoms with Crippen LogP contribution >= 0.6 is 15.9 Å². The predicted octanol–water partition coefficient (Wildman–Crippen LogP) is 2.86. The largest absolute Gasteiger partial charge is 0.493 e. The highest BCUT2D eigenvalue weighted by Gasteiger charge is 2.22. The zero-order valence-corrected chi connectivity index (χ0v) is 13.6. The van der Waals surface area contributed by atoms with Crippen molar-refractivity contribution in [1.82, 2.24) is 5.32 Å². The van der Waals surface area contributed by atoms with Crippen LogP contribution in [-0.2, 0) is 6.54 Å². The highest BCUT2D eigenvalue weighted by molar-refractivity contribution is 9.10. The van der Waals surface area contributed by atoms with Crippen molar-refractivity contribution in [2.75, 3.05) is 14.2 Å². The molecule has 1 saturated carbocycles. The summed E-state index contributed by atoms with van der Waals surface area (Å²) in [5, 5.41) is 13.4. The van der Waals surface area contributed by atoms with Gasteiger partial charge in [0.2, 0.25) is 0 Å². The lowest BCUT2D eigenvalue weighted by atomic mass is 9.92. The SMILES string of the molecule is COc1cc(CNC2CCCCC2O)cc(Br)c1OC. The van der Waals surface area contributed by atoms with Gasteiger partial charge in [0.1, 0.15) is 0 Å². The average Bonchev–Trinajstić information content (AvgIpc) is 2.45. The molecule has 0 spiro atoms. The zero-order valence-electron chi connectivity index (χ0n) is 12.0. The summed E-state index contributed by atoms with van der Waals surface area (Å²) in [4.78, 5) is 0. The minimum Gasteiger partial charge on any atom is -0.493 e. The van der Waals surface area contributed by atoms with Gasteiger partial charge in [-0.15, -0.1) is 0 Å². The molecule has 2 N–H and O–H groups in total. The maximum atomic E-state index is 9.97. The van der Waals surface area contributed by atoms with Gasteiger partial charge in [-0.25, -0.2) is 0 Å². The molecule has 0 saturated heterocycles. The van der Waals surface area contributed by atoms with Crippen molar-refractivity contribution in [3.05, 3.63) is 22.2 Å². The number of ether oxygens (including phenoxy) is 2. The Hall–Kier alpha value is -0.780. The number of benzene rings is 1. The molecule has 1 aliphatic rings. The number of rotatable bonds is 5. The molecule has 1 aromatic carbocycles. The Morgan fingerprint density at radius 1 is 1.25 bits per heavy atom. The van der Waals surface area contributed by atoms with Crippen LogP contribution in [-0.4, -0.2) is 31.5 Å². The quantitative estimate of drug-likeness (QED) is 0.863. The van der Waals surface area contributed by atoms with Crippen LogP contribution in [0.15, 0.2) is 16.6 Å². The average molecular weight is 344 g/mol. The summed E-state index contributed by atoms with van der Waals surface area (Å²) in [5.74, 6) is 1.41. The number of aliphatic hydroxyl groups is 1. The van der Waals surface area contributed by atoms with Crippen LogP contribution in [0.2, 0.25) is 0 Å². The molecule has 5 heteroatoms. The van der Waals surface area contributed by atoms with E-state index in [9.17, 15) is 5.11 Å². The Morgan fingerprint density at radius 3 is 2.65 bits per heavy atom. The second-order valence-corrected chi connectivity index (χ2v) is 6.01. The van der Waals surface area contributed by atoms with E-state index in [-0.39, 0.29) is 12.1 Å². The lowest BCUT2D eigenvalue weighted by Crippen LogP contribution is -2.41. The maximum Gasteiger partial charge on any atom is 0.174 e. The number of aliphatic hydroxyl groups excluding tert-OH is 1. The number of nitrogens with one attached hydrogen (secondary N) is 1. The summed E-state index contributed by atoms with van der Waals surface area (Å²) in [7, 11) is 3.26. The Kier molecular flexibility index (Phi) is 5.69. The Morgan fingerprint density at radius 2 is 2.00 bits per heavy atom. The third-order valence-corrected chi connectivity index (χ3v) is 4.38. The van der Waals surface area contributed by atoms with Gasteiger partial charge in [0.15, 0.2) is 11.5 Å². The van der Waals surface area contributed by atoms with Crippen LogP contribution in [0.4, 0.5) is 0 Å². The van der Waals surface area contributed by atoms with Crippen molar-refractivity contribution in [2.24, 2.45) is 0 Å². The highest BCUT2D eigenvalue weighted by Crippen LogP contribution is 2.36. The molecule has 1 aliphatic carbocycles. The Labute approximate surface area is 128 Å². The fraction of sp³-hybridized carbons (Fsp3) is 0.600. The Balaban J connectivity index is 2.04. The molecule has 0 heterocycles. The van der Waals surface area contributed by atoms with E-state index in [1.807, 2.05) is 12.1 Å². The standard InChI is InChI=1S/C15H22BrNO3/c1-19-14-8-10(7-11(16)15(14)20-2)9-17-12-5-3-4-6-13(12)18/h7-8,12-13,17-18H,3-6,9H2,1-2H3. The summed E-state index contributed by atoms with van der Waals surface area (Å²) in [5.41, 5.74) is 1.10. The summed E-state index contributed by atoms with van der Waals surface area (Å²) in [6.07, 6.45) is 4.02. The van der Waals surface area contributed by atoms with Gasteiger partial charge in [-0.2, -0.15) is 0 Å². The first-order chi connectivity index (χ1) is 9.65. The third-order valence-electron chi connectivity index (χ3n) is 3.79.